The van der Waals surface area contributed by atoms with E-state index in [4.69, 9.17) is 9.47 Å². The van der Waals surface area contributed by atoms with E-state index in [0.29, 0.717) is 0 Å². The highest BCUT2D eigenvalue weighted by Gasteiger charge is 2.30. The first-order valence-corrected chi connectivity index (χ1v) is 5.02. The first kappa shape index (κ1) is 14.1. The van der Waals surface area contributed by atoms with Gasteiger partial charge in [-0.1, -0.05) is 6.58 Å². The number of esters is 1. The average molecular weight is 260 g/mol. The molecule has 0 atom stereocenters. The first-order valence-electron chi connectivity index (χ1n) is 5.02. The second-order valence-electron chi connectivity index (χ2n) is 3.25. The Bertz CT molecular complexity index is 410. The first-order chi connectivity index (χ1) is 8.45. The van der Waals surface area contributed by atoms with Crippen LogP contribution in [0.2, 0.25) is 0 Å². The van der Waals surface area contributed by atoms with Crippen LogP contribution < -0.4 is 0 Å². The van der Waals surface area contributed by atoms with E-state index >= 15 is 0 Å². The fraction of sp³-hybridized carbons (Fsp3) is 0.250. The molecule has 0 saturated carbocycles. The van der Waals surface area contributed by atoms with Gasteiger partial charge >= 0.3 is 12.1 Å². The standard InChI is InChI=1S/C12H11F3O3/c1-2-17-7-8-18-11(16)9-3-5-10(6-4-9)12(13,14)15/h2-6H,1,7-8H2. The zero-order valence-corrected chi connectivity index (χ0v) is 9.37. The van der Waals surface area contributed by atoms with E-state index in [1.807, 2.05) is 0 Å². The fourth-order valence-electron chi connectivity index (χ4n) is 1.14. The molecule has 0 unspecified atom stereocenters. The Balaban J connectivity index is 2.57. The van der Waals surface area contributed by atoms with Gasteiger partial charge in [-0.15, -0.1) is 0 Å². The minimum Gasteiger partial charge on any atom is -0.498 e. The van der Waals surface area contributed by atoms with E-state index < -0.39 is 17.7 Å². The SMILES string of the molecule is C=COCCOC(=O)c1ccc(C(F)(F)F)cc1. The molecule has 18 heavy (non-hydrogen) atoms. The van der Waals surface area contributed by atoms with E-state index in [2.05, 4.69) is 6.58 Å². The molecule has 0 spiro atoms. The molecule has 1 aromatic rings. The molecule has 0 saturated heterocycles. The minimum atomic E-state index is -4.42. The third-order valence-electron chi connectivity index (χ3n) is 2.00. The largest absolute Gasteiger partial charge is 0.498 e. The number of carbonyl (C=O) groups is 1. The number of carbonyl (C=O) groups excluding carboxylic acids is 1. The molecule has 0 N–H and O–H groups in total. The molecule has 6 heteroatoms. The Morgan fingerprint density at radius 3 is 2.33 bits per heavy atom. The van der Waals surface area contributed by atoms with Crippen LogP contribution in [-0.2, 0) is 15.7 Å². The maximum atomic E-state index is 12.3. The number of ether oxygens (including phenoxy) is 2. The zero-order chi connectivity index (χ0) is 13.6. The van der Waals surface area contributed by atoms with Crippen molar-refractivity contribution in [3.8, 4) is 0 Å². The summed E-state index contributed by atoms with van der Waals surface area (Å²) in [6.45, 7) is 3.45. The van der Waals surface area contributed by atoms with Crippen LogP contribution in [0.3, 0.4) is 0 Å². The molecular weight excluding hydrogens is 249 g/mol. The molecule has 0 bridgehead atoms. The van der Waals surface area contributed by atoms with Crippen molar-refractivity contribution in [1.29, 1.82) is 0 Å². The number of halogens is 3. The summed E-state index contributed by atoms with van der Waals surface area (Å²) >= 11 is 0. The lowest BCUT2D eigenvalue weighted by molar-refractivity contribution is -0.137. The molecule has 98 valence electrons. The quantitative estimate of drug-likeness (QED) is 0.464. The molecule has 1 aromatic carbocycles. The van der Waals surface area contributed by atoms with Crippen molar-refractivity contribution >= 4 is 5.97 Å². The van der Waals surface area contributed by atoms with Crippen molar-refractivity contribution in [3.63, 3.8) is 0 Å². The van der Waals surface area contributed by atoms with Gasteiger partial charge in [0.25, 0.3) is 0 Å². The molecule has 0 aliphatic rings. The van der Waals surface area contributed by atoms with Gasteiger partial charge in [-0.25, -0.2) is 4.79 Å². The van der Waals surface area contributed by atoms with E-state index in [1.165, 1.54) is 6.26 Å². The lowest BCUT2D eigenvalue weighted by Gasteiger charge is -2.07. The fourth-order valence-corrected chi connectivity index (χ4v) is 1.14. The lowest BCUT2D eigenvalue weighted by Crippen LogP contribution is -2.10. The second kappa shape index (κ2) is 6.09. The van der Waals surface area contributed by atoms with Crippen molar-refractivity contribution < 1.29 is 27.4 Å². The normalized spacial score (nSPS) is 10.8. The average Bonchev–Trinajstić information content (AvgIpc) is 2.33. The smallest absolute Gasteiger partial charge is 0.416 e. The van der Waals surface area contributed by atoms with Crippen LogP contribution in [-0.4, -0.2) is 19.2 Å². The zero-order valence-electron chi connectivity index (χ0n) is 9.37. The highest BCUT2D eigenvalue weighted by atomic mass is 19.4. The summed E-state index contributed by atoms with van der Waals surface area (Å²) in [6.07, 6.45) is -3.22. The Morgan fingerprint density at radius 1 is 1.22 bits per heavy atom. The molecule has 1 rings (SSSR count). The summed E-state index contributed by atoms with van der Waals surface area (Å²) < 4.78 is 46.3. The third kappa shape index (κ3) is 4.12. The minimum absolute atomic E-state index is 0.00583. The second-order valence-corrected chi connectivity index (χ2v) is 3.25. The van der Waals surface area contributed by atoms with Crippen molar-refractivity contribution in [2.45, 2.75) is 6.18 Å². The number of alkyl halides is 3. The summed E-state index contributed by atoms with van der Waals surface area (Å²) in [7, 11) is 0. The Labute approximate surface area is 102 Å². The van der Waals surface area contributed by atoms with Gasteiger partial charge in [0.2, 0.25) is 0 Å². The van der Waals surface area contributed by atoms with E-state index in [-0.39, 0.29) is 18.8 Å². The summed E-state index contributed by atoms with van der Waals surface area (Å²) in [6, 6.07) is 3.80. The van der Waals surface area contributed by atoms with Crippen molar-refractivity contribution in [1.82, 2.24) is 0 Å². The number of rotatable bonds is 5. The third-order valence-corrected chi connectivity index (χ3v) is 2.00. The van der Waals surface area contributed by atoms with E-state index in [1.54, 1.807) is 0 Å². The van der Waals surface area contributed by atoms with Gasteiger partial charge in [0, 0.05) is 0 Å². The van der Waals surface area contributed by atoms with Crippen LogP contribution >= 0.6 is 0 Å². The molecule has 3 nitrogen and oxygen atoms in total. The summed E-state index contributed by atoms with van der Waals surface area (Å²) in [5, 5.41) is 0. The molecule has 0 aromatic heterocycles. The van der Waals surface area contributed by atoms with Crippen molar-refractivity contribution in [3.05, 3.63) is 48.2 Å². The number of hydrogen-bond acceptors (Lipinski definition) is 3. The van der Waals surface area contributed by atoms with Crippen LogP contribution in [0.5, 0.6) is 0 Å². The number of benzene rings is 1. The van der Waals surface area contributed by atoms with Gasteiger partial charge in [-0.3, -0.25) is 0 Å². The summed E-state index contributed by atoms with van der Waals surface area (Å²) in [4.78, 5) is 11.4. The van der Waals surface area contributed by atoms with Crippen LogP contribution in [0, 0.1) is 0 Å². The van der Waals surface area contributed by atoms with E-state index in [0.717, 1.165) is 24.3 Å². The predicted molar refractivity (Wildman–Crippen MR) is 57.9 cm³/mol. The Morgan fingerprint density at radius 2 is 1.83 bits per heavy atom. The van der Waals surface area contributed by atoms with Gasteiger partial charge in [-0.05, 0) is 24.3 Å². The predicted octanol–water partition coefficient (Wildman–Crippen LogP) is 3.02. The number of hydrogen-bond donors (Lipinski definition) is 0. The lowest BCUT2D eigenvalue weighted by atomic mass is 10.1. The highest BCUT2D eigenvalue weighted by molar-refractivity contribution is 5.89. The van der Waals surface area contributed by atoms with Gasteiger partial charge in [0.1, 0.15) is 13.2 Å². The molecular formula is C12H11F3O3. The molecule has 0 aliphatic heterocycles. The van der Waals surface area contributed by atoms with E-state index in [9.17, 15) is 18.0 Å². The van der Waals surface area contributed by atoms with Crippen LogP contribution in [0.1, 0.15) is 15.9 Å². The van der Waals surface area contributed by atoms with Crippen LogP contribution in [0.15, 0.2) is 37.1 Å². The Hall–Kier alpha value is -1.98. The summed E-state index contributed by atoms with van der Waals surface area (Å²) in [5.41, 5.74) is -0.754. The van der Waals surface area contributed by atoms with Gasteiger partial charge in [0.05, 0.1) is 17.4 Å². The molecule has 0 amide bonds. The molecule has 0 radical (unpaired) electrons. The molecule has 0 heterocycles. The molecule has 0 aliphatic carbocycles. The Kier molecular flexibility index (Phi) is 4.76. The maximum absolute atomic E-state index is 12.3. The topological polar surface area (TPSA) is 35.5 Å². The van der Waals surface area contributed by atoms with Gasteiger partial charge in [0.15, 0.2) is 0 Å². The summed E-state index contributed by atoms with van der Waals surface area (Å²) in [5.74, 6) is -0.698. The van der Waals surface area contributed by atoms with Crippen molar-refractivity contribution in [2.75, 3.05) is 13.2 Å². The van der Waals surface area contributed by atoms with Gasteiger partial charge in [-0.2, -0.15) is 13.2 Å². The van der Waals surface area contributed by atoms with Crippen LogP contribution in [0.4, 0.5) is 13.2 Å². The molecule has 0 fully saturated rings. The van der Waals surface area contributed by atoms with Crippen LogP contribution in [0.25, 0.3) is 0 Å². The highest BCUT2D eigenvalue weighted by Crippen LogP contribution is 2.29. The van der Waals surface area contributed by atoms with Gasteiger partial charge < -0.3 is 9.47 Å². The maximum Gasteiger partial charge on any atom is 0.416 e. The monoisotopic (exact) mass is 260 g/mol. The van der Waals surface area contributed by atoms with Crippen molar-refractivity contribution in [2.24, 2.45) is 0 Å².